The zero-order chi connectivity index (χ0) is 28.4. The standard InChI is InChI=1S/C29H30FN3O5S/c1-19(21-10-12-24(30)13-11-21)14-26(34)22-15-23(17-25(16-22)33(3)39(4,36)37)27-31-32-28(38-27)29(2,35)18-20-8-6-5-7-9-20/h5-13,15-17,19,35H,14,18H2,1-4H3/t19-,29?/m0/s1. The predicted molar refractivity (Wildman–Crippen MR) is 146 cm³/mol. The molecule has 0 saturated carbocycles. The maximum Gasteiger partial charge on any atom is 0.248 e. The summed E-state index contributed by atoms with van der Waals surface area (Å²) in [5.74, 6) is -0.794. The smallest absolute Gasteiger partial charge is 0.248 e. The van der Waals surface area contributed by atoms with Crippen LogP contribution in [-0.2, 0) is 22.0 Å². The van der Waals surface area contributed by atoms with Crippen LogP contribution < -0.4 is 4.31 Å². The molecule has 2 atom stereocenters. The maximum atomic E-state index is 13.3. The molecular weight excluding hydrogens is 521 g/mol. The summed E-state index contributed by atoms with van der Waals surface area (Å²) in [5, 5.41) is 19.2. The maximum absolute atomic E-state index is 13.3. The van der Waals surface area contributed by atoms with Crippen molar-refractivity contribution in [2.24, 2.45) is 0 Å². The van der Waals surface area contributed by atoms with E-state index in [1.807, 2.05) is 37.3 Å². The molecule has 1 N–H and O–H groups in total. The highest BCUT2D eigenvalue weighted by molar-refractivity contribution is 7.92. The zero-order valence-electron chi connectivity index (χ0n) is 22.1. The SMILES string of the molecule is C[C@@H](CC(=O)c1cc(-c2nnc(C(C)(O)Cc3ccccc3)o2)cc(N(C)S(C)(=O)=O)c1)c1ccc(F)cc1. The van der Waals surface area contributed by atoms with Crippen LogP contribution in [0.5, 0.6) is 0 Å². The lowest BCUT2D eigenvalue weighted by molar-refractivity contribution is 0.0292. The lowest BCUT2D eigenvalue weighted by Gasteiger charge is -2.19. The summed E-state index contributed by atoms with van der Waals surface area (Å²) >= 11 is 0. The monoisotopic (exact) mass is 551 g/mol. The first-order valence-electron chi connectivity index (χ1n) is 12.3. The highest BCUT2D eigenvalue weighted by Gasteiger charge is 2.31. The number of aliphatic hydroxyl groups is 1. The molecule has 4 rings (SSSR count). The number of hydrogen-bond acceptors (Lipinski definition) is 7. The number of halogens is 1. The van der Waals surface area contributed by atoms with Gasteiger partial charge in [-0.3, -0.25) is 9.10 Å². The second-order valence-electron chi connectivity index (χ2n) is 9.93. The number of hydrogen-bond donors (Lipinski definition) is 1. The van der Waals surface area contributed by atoms with Crippen LogP contribution in [0.25, 0.3) is 11.5 Å². The van der Waals surface area contributed by atoms with E-state index >= 15 is 0 Å². The van der Waals surface area contributed by atoms with Gasteiger partial charge in [0.15, 0.2) is 5.78 Å². The van der Waals surface area contributed by atoms with Gasteiger partial charge in [0, 0.05) is 31.0 Å². The fourth-order valence-corrected chi connectivity index (χ4v) is 4.69. The molecule has 0 radical (unpaired) electrons. The third-order valence-electron chi connectivity index (χ3n) is 6.56. The molecule has 0 saturated heterocycles. The Morgan fingerprint density at radius 3 is 2.38 bits per heavy atom. The molecule has 204 valence electrons. The topological polar surface area (TPSA) is 114 Å². The molecular formula is C29H30FN3O5S. The molecule has 1 heterocycles. The largest absolute Gasteiger partial charge is 0.418 e. The molecule has 0 aliphatic rings. The minimum Gasteiger partial charge on any atom is -0.418 e. The zero-order valence-corrected chi connectivity index (χ0v) is 22.9. The number of carbonyl (C=O) groups is 1. The molecule has 1 aromatic heterocycles. The summed E-state index contributed by atoms with van der Waals surface area (Å²) in [7, 11) is -2.26. The van der Waals surface area contributed by atoms with Crippen LogP contribution in [0, 0.1) is 5.82 Å². The van der Waals surface area contributed by atoms with Gasteiger partial charge in [-0.05, 0) is 54.3 Å². The Kier molecular flexibility index (Phi) is 7.99. The van der Waals surface area contributed by atoms with Crippen LogP contribution in [-0.4, -0.2) is 42.8 Å². The number of anilines is 1. The summed E-state index contributed by atoms with van der Waals surface area (Å²) in [6.45, 7) is 3.43. The number of sulfonamides is 1. The molecule has 0 spiro atoms. The van der Waals surface area contributed by atoms with Gasteiger partial charge in [-0.2, -0.15) is 0 Å². The van der Waals surface area contributed by atoms with Gasteiger partial charge in [-0.15, -0.1) is 10.2 Å². The summed E-state index contributed by atoms with van der Waals surface area (Å²) in [4.78, 5) is 13.3. The molecule has 1 unspecified atom stereocenters. The summed E-state index contributed by atoms with van der Waals surface area (Å²) in [6.07, 6.45) is 1.40. The van der Waals surface area contributed by atoms with Crippen molar-refractivity contribution in [2.45, 2.75) is 38.2 Å². The van der Waals surface area contributed by atoms with E-state index in [1.165, 1.54) is 31.3 Å². The Labute approximate surface area is 227 Å². The van der Waals surface area contributed by atoms with Crippen molar-refractivity contribution in [2.75, 3.05) is 17.6 Å². The number of benzene rings is 3. The fourth-order valence-electron chi connectivity index (χ4n) is 4.20. The molecule has 39 heavy (non-hydrogen) atoms. The molecule has 8 nitrogen and oxygen atoms in total. The first-order valence-corrected chi connectivity index (χ1v) is 14.2. The van der Waals surface area contributed by atoms with Crippen molar-refractivity contribution >= 4 is 21.5 Å². The van der Waals surface area contributed by atoms with Crippen molar-refractivity contribution in [3.63, 3.8) is 0 Å². The number of ketones is 1. The highest BCUT2D eigenvalue weighted by atomic mass is 32.2. The van der Waals surface area contributed by atoms with E-state index in [0.717, 1.165) is 21.7 Å². The molecule has 0 aliphatic heterocycles. The third kappa shape index (κ3) is 6.76. The van der Waals surface area contributed by atoms with Gasteiger partial charge in [0.05, 0.1) is 11.9 Å². The van der Waals surface area contributed by atoms with Gasteiger partial charge in [-0.25, -0.2) is 12.8 Å². The molecule has 3 aromatic carbocycles. The average molecular weight is 552 g/mol. The van der Waals surface area contributed by atoms with E-state index in [-0.39, 0.29) is 53.4 Å². The summed E-state index contributed by atoms with van der Waals surface area (Å²) < 4.78 is 44.8. The average Bonchev–Trinajstić information content (AvgIpc) is 3.40. The summed E-state index contributed by atoms with van der Waals surface area (Å²) in [6, 6.07) is 19.9. The Hall–Kier alpha value is -3.89. The van der Waals surface area contributed by atoms with Crippen LogP contribution in [0.2, 0.25) is 0 Å². The normalized spacial score (nSPS) is 14.0. The highest BCUT2D eigenvalue weighted by Crippen LogP contribution is 2.32. The van der Waals surface area contributed by atoms with Crippen LogP contribution in [0.3, 0.4) is 0 Å². The number of carbonyl (C=O) groups excluding carboxylic acids is 1. The van der Waals surface area contributed by atoms with Gasteiger partial charge in [0.2, 0.25) is 21.8 Å². The number of Topliss-reactive ketones (excluding diaryl/α,β-unsaturated/α-hetero) is 1. The van der Waals surface area contributed by atoms with Gasteiger partial charge in [0.25, 0.3) is 0 Å². The molecule has 10 heteroatoms. The van der Waals surface area contributed by atoms with E-state index < -0.39 is 15.6 Å². The van der Waals surface area contributed by atoms with Crippen LogP contribution in [0.15, 0.2) is 77.2 Å². The molecule has 4 aromatic rings. The van der Waals surface area contributed by atoms with Crippen LogP contribution >= 0.6 is 0 Å². The van der Waals surface area contributed by atoms with Crippen molar-refractivity contribution in [3.05, 3.63) is 101 Å². The van der Waals surface area contributed by atoms with Crippen LogP contribution in [0.1, 0.15) is 53.6 Å². The first-order chi connectivity index (χ1) is 18.3. The second kappa shape index (κ2) is 11.1. The van der Waals surface area contributed by atoms with E-state index in [9.17, 15) is 22.7 Å². The van der Waals surface area contributed by atoms with Gasteiger partial charge in [0.1, 0.15) is 11.4 Å². The van der Waals surface area contributed by atoms with Crippen LogP contribution in [0.4, 0.5) is 10.1 Å². The summed E-state index contributed by atoms with van der Waals surface area (Å²) in [5.41, 5.74) is 1.04. The molecule has 0 fully saturated rings. The fraction of sp³-hybridized carbons (Fsp3) is 0.276. The number of rotatable bonds is 10. The Bertz CT molecular complexity index is 1570. The second-order valence-corrected chi connectivity index (χ2v) is 11.9. The molecule has 0 aliphatic carbocycles. The molecule has 0 amide bonds. The Balaban J connectivity index is 1.67. The van der Waals surface area contributed by atoms with Crippen molar-refractivity contribution in [3.8, 4) is 11.5 Å². The first kappa shape index (κ1) is 28.1. The lowest BCUT2D eigenvalue weighted by atomic mass is 9.92. The van der Waals surface area contributed by atoms with E-state index in [4.69, 9.17) is 4.42 Å². The third-order valence-corrected chi connectivity index (χ3v) is 7.76. The van der Waals surface area contributed by atoms with Gasteiger partial charge >= 0.3 is 0 Å². The van der Waals surface area contributed by atoms with Crippen molar-refractivity contribution < 1.29 is 27.1 Å². The van der Waals surface area contributed by atoms with Crippen molar-refractivity contribution in [1.29, 1.82) is 0 Å². The minimum absolute atomic E-state index is 0.0129. The van der Waals surface area contributed by atoms with Gasteiger partial charge in [-0.1, -0.05) is 49.4 Å². The molecule has 0 bridgehead atoms. The van der Waals surface area contributed by atoms with Gasteiger partial charge < -0.3 is 9.52 Å². The van der Waals surface area contributed by atoms with E-state index in [2.05, 4.69) is 10.2 Å². The van der Waals surface area contributed by atoms with E-state index in [1.54, 1.807) is 25.1 Å². The lowest BCUT2D eigenvalue weighted by Crippen LogP contribution is -2.25. The van der Waals surface area contributed by atoms with E-state index in [0.29, 0.717) is 5.56 Å². The number of aromatic nitrogens is 2. The predicted octanol–water partition coefficient (Wildman–Crippen LogP) is 5.10. The minimum atomic E-state index is -3.64. The Morgan fingerprint density at radius 2 is 1.74 bits per heavy atom. The van der Waals surface area contributed by atoms with Crippen molar-refractivity contribution in [1.82, 2.24) is 10.2 Å². The Morgan fingerprint density at radius 1 is 1.08 bits per heavy atom. The number of nitrogens with zero attached hydrogens (tertiary/aromatic N) is 3. The quantitative estimate of drug-likeness (QED) is 0.273.